The minimum atomic E-state index is -0.294. The van der Waals surface area contributed by atoms with Gasteiger partial charge in [0.1, 0.15) is 0 Å². The molecule has 0 unspecified atom stereocenters. The summed E-state index contributed by atoms with van der Waals surface area (Å²) in [6, 6.07) is 5.30. The van der Waals surface area contributed by atoms with E-state index in [9.17, 15) is 4.79 Å². The van der Waals surface area contributed by atoms with Gasteiger partial charge in [-0.3, -0.25) is 0 Å². The van der Waals surface area contributed by atoms with Crippen LogP contribution in [-0.2, 0) is 4.74 Å². The third-order valence-electron chi connectivity index (χ3n) is 3.85. The van der Waals surface area contributed by atoms with Crippen LogP contribution in [0.25, 0.3) is 0 Å². The Morgan fingerprint density at radius 1 is 1.27 bits per heavy atom. The van der Waals surface area contributed by atoms with Crippen molar-refractivity contribution in [3.05, 3.63) is 34.4 Å². The number of rotatable bonds is 4. The number of nitrogens with one attached hydrogen (secondary N) is 1. The molecule has 0 spiro atoms. The lowest BCUT2D eigenvalue weighted by atomic mass is 10.3. The topological polar surface area (TPSA) is 83.5 Å². The number of halogens is 2. The molecule has 1 fully saturated rings. The first kappa shape index (κ1) is 18.5. The maximum atomic E-state index is 11.8. The number of benzene rings is 1. The molecule has 2 heterocycles. The van der Waals surface area contributed by atoms with Crippen molar-refractivity contribution in [1.29, 1.82) is 0 Å². The van der Waals surface area contributed by atoms with E-state index < -0.39 is 0 Å². The normalized spacial score (nSPS) is 14.3. The minimum Gasteiger partial charge on any atom is -0.450 e. The van der Waals surface area contributed by atoms with Crippen molar-refractivity contribution in [3.63, 3.8) is 0 Å². The fourth-order valence-electron chi connectivity index (χ4n) is 2.53. The zero-order valence-electron chi connectivity index (χ0n) is 14.2. The summed E-state index contributed by atoms with van der Waals surface area (Å²) in [5.74, 6) is 0.989. The third kappa shape index (κ3) is 4.25. The van der Waals surface area contributed by atoms with Crippen LogP contribution in [0, 0.1) is 0 Å². The summed E-state index contributed by atoms with van der Waals surface area (Å²) < 4.78 is 5.02. The second-order valence-corrected chi connectivity index (χ2v) is 6.33. The molecule has 2 aromatic rings. The summed E-state index contributed by atoms with van der Waals surface area (Å²) in [6.07, 6.45) is 1.22. The number of nitrogens with zero attached hydrogens (tertiary/aromatic N) is 5. The maximum absolute atomic E-state index is 11.8. The molecule has 8 nitrogen and oxygen atoms in total. The summed E-state index contributed by atoms with van der Waals surface area (Å²) in [6.45, 7) is 4.44. The third-order valence-corrected chi connectivity index (χ3v) is 4.67. The average molecular weight is 397 g/mol. The highest BCUT2D eigenvalue weighted by Crippen LogP contribution is 2.31. The predicted octanol–water partition coefficient (Wildman–Crippen LogP) is 3.20. The van der Waals surface area contributed by atoms with Gasteiger partial charge in [-0.15, -0.1) is 5.10 Å². The van der Waals surface area contributed by atoms with Crippen LogP contribution in [0.15, 0.2) is 24.4 Å². The number of amides is 1. The zero-order chi connectivity index (χ0) is 18.5. The van der Waals surface area contributed by atoms with Gasteiger partial charge in [0.25, 0.3) is 0 Å². The van der Waals surface area contributed by atoms with Crippen molar-refractivity contribution in [2.75, 3.05) is 43.0 Å². The predicted molar refractivity (Wildman–Crippen MR) is 100 cm³/mol. The van der Waals surface area contributed by atoms with Crippen LogP contribution in [0.2, 0.25) is 10.0 Å². The Balaban J connectivity index is 1.67. The average Bonchev–Trinajstić information content (AvgIpc) is 2.66. The van der Waals surface area contributed by atoms with Gasteiger partial charge in [0.2, 0.25) is 5.95 Å². The number of aromatic nitrogens is 3. The Bertz CT molecular complexity index is 783. The van der Waals surface area contributed by atoms with Gasteiger partial charge in [0.15, 0.2) is 5.82 Å². The summed E-state index contributed by atoms with van der Waals surface area (Å²) >= 11 is 12.2. The molecule has 0 atom stereocenters. The molecule has 0 bridgehead atoms. The van der Waals surface area contributed by atoms with Crippen LogP contribution in [0.5, 0.6) is 0 Å². The van der Waals surface area contributed by atoms with Gasteiger partial charge in [0, 0.05) is 26.2 Å². The fraction of sp³-hybridized carbons (Fsp3) is 0.375. The Hall–Kier alpha value is -2.32. The van der Waals surface area contributed by atoms with Crippen LogP contribution in [-0.4, -0.2) is 59.0 Å². The smallest absolute Gasteiger partial charge is 0.409 e. The monoisotopic (exact) mass is 396 g/mol. The van der Waals surface area contributed by atoms with Gasteiger partial charge in [-0.2, -0.15) is 10.1 Å². The Kier molecular flexibility index (Phi) is 5.95. The van der Waals surface area contributed by atoms with Crippen LogP contribution in [0.1, 0.15) is 6.92 Å². The first-order valence-electron chi connectivity index (χ1n) is 8.16. The van der Waals surface area contributed by atoms with E-state index in [-0.39, 0.29) is 6.09 Å². The van der Waals surface area contributed by atoms with E-state index in [2.05, 4.69) is 20.5 Å². The van der Waals surface area contributed by atoms with Gasteiger partial charge in [-0.25, -0.2) is 4.79 Å². The lowest BCUT2D eigenvalue weighted by Crippen LogP contribution is -2.49. The summed E-state index contributed by atoms with van der Waals surface area (Å²) in [4.78, 5) is 19.9. The summed E-state index contributed by atoms with van der Waals surface area (Å²) in [5, 5.41) is 12.0. The molecule has 0 aliphatic carbocycles. The van der Waals surface area contributed by atoms with Gasteiger partial charge in [0.05, 0.1) is 28.5 Å². The van der Waals surface area contributed by atoms with Gasteiger partial charge in [-0.05, 0) is 19.1 Å². The number of piperazine rings is 1. The molecule has 0 radical (unpaired) electrons. The van der Waals surface area contributed by atoms with E-state index in [0.717, 1.165) is 0 Å². The van der Waals surface area contributed by atoms with Gasteiger partial charge >= 0.3 is 6.09 Å². The first-order chi connectivity index (χ1) is 12.6. The molecule has 138 valence electrons. The highest BCUT2D eigenvalue weighted by atomic mass is 35.5. The lowest BCUT2D eigenvalue weighted by molar-refractivity contribution is 0.105. The van der Waals surface area contributed by atoms with Gasteiger partial charge < -0.3 is 19.9 Å². The highest BCUT2D eigenvalue weighted by Gasteiger charge is 2.23. The number of anilines is 3. The Morgan fingerprint density at radius 3 is 2.77 bits per heavy atom. The largest absolute Gasteiger partial charge is 0.450 e. The molecule has 1 aromatic carbocycles. The summed E-state index contributed by atoms with van der Waals surface area (Å²) in [5.41, 5.74) is 0.637. The molecule has 0 saturated carbocycles. The quantitative estimate of drug-likeness (QED) is 0.848. The molecule has 1 saturated heterocycles. The molecule has 10 heteroatoms. The highest BCUT2D eigenvalue weighted by molar-refractivity contribution is 6.43. The van der Waals surface area contributed by atoms with Crippen LogP contribution < -0.4 is 10.2 Å². The van der Waals surface area contributed by atoms with Crippen molar-refractivity contribution in [1.82, 2.24) is 20.1 Å². The molecule has 1 aliphatic rings. The van der Waals surface area contributed by atoms with Crippen LogP contribution >= 0.6 is 23.2 Å². The molecule has 1 N–H and O–H groups in total. The van der Waals surface area contributed by atoms with E-state index >= 15 is 0 Å². The van der Waals surface area contributed by atoms with Crippen molar-refractivity contribution in [2.24, 2.45) is 0 Å². The molecular weight excluding hydrogens is 379 g/mol. The standard InChI is InChI=1S/C16H18Cl2N6O2/c1-2-26-16(25)24-8-6-23(7-9-24)15-21-13(10-19-22-15)20-12-5-3-4-11(17)14(12)18/h3-5,10H,2,6-9H2,1H3,(H,20,21,22). The van der Waals surface area contributed by atoms with Gasteiger partial charge in [-0.1, -0.05) is 29.3 Å². The van der Waals surface area contributed by atoms with E-state index in [0.29, 0.717) is 60.3 Å². The maximum Gasteiger partial charge on any atom is 0.409 e. The molecule has 1 aromatic heterocycles. The SMILES string of the molecule is CCOC(=O)N1CCN(c2nncc(Nc3cccc(Cl)c3Cl)n2)CC1. The lowest BCUT2D eigenvalue weighted by Gasteiger charge is -2.33. The second kappa shape index (κ2) is 8.37. The first-order valence-corrected chi connectivity index (χ1v) is 8.91. The second-order valence-electron chi connectivity index (χ2n) is 5.54. The minimum absolute atomic E-state index is 0.294. The summed E-state index contributed by atoms with van der Waals surface area (Å²) in [7, 11) is 0. The van der Waals surface area contributed by atoms with Crippen molar-refractivity contribution in [3.8, 4) is 0 Å². The van der Waals surface area contributed by atoms with Crippen molar-refractivity contribution in [2.45, 2.75) is 6.92 Å². The number of hydrogen-bond acceptors (Lipinski definition) is 7. The van der Waals surface area contributed by atoms with Crippen LogP contribution in [0.4, 0.5) is 22.2 Å². The molecular formula is C16H18Cl2N6O2. The molecule has 26 heavy (non-hydrogen) atoms. The Labute approximate surface area is 161 Å². The van der Waals surface area contributed by atoms with Crippen molar-refractivity contribution >= 4 is 46.7 Å². The van der Waals surface area contributed by atoms with E-state index in [1.54, 1.807) is 30.0 Å². The number of carbonyl (C=O) groups excluding carboxylic acids is 1. The van der Waals surface area contributed by atoms with Crippen LogP contribution in [0.3, 0.4) is 0 Å². The number of carbonyl (C=O) groups is 1. The zero-order valence-corrected chi connectivity index (χ0v) is 15.7. The molecule has 1 amide bonds. The number of ether oxygens (including phenoxy) is 1. The van der Waals surface area contributed by atoms with E-state index in [1.165, 1.54) is 6.20 Å². The van der Waals surface area contributed by atoms with E-state index in [1.807, 2.05) is 4.90 Å². The molecule has 3 rings (SSSR count). The van der Waals surface area contributed by atoms with E-state index in [4.69, 9.17) is 27.9 Å². The molecule has 1 aliphatic heterocycles. The number of hydrogen-bond donors (Lipinski definition) is 1. The van der Waals surface area contributed by atoms with Crippen molar-refractivity contribution < 1.29 is 9.53 Å². The Morgan fingerprint density at radius 2 is 2.04 bits per heavy atom. The fourth-order valence-corrected chi connectivity index (χ4v) is 2.88.